The molecule has 1 aromatic rings. The molecule has 1 aromatic carbocycles. The van der Waals surface area contributed by atoms with Crippen molar-refractivity contribution >= 4 is 5.91 Å². The molecule has 0 saturated carbocycles. The largest absolute Gasteiger partial charge is 0.497 e. The van der Waals surface area contributed by atoms with Gasteiger partial charge in [-0.2, -0.15) is 0 Å². The summed E-state index contributed by atoms with van der Waals surface area (Å²) in [6.45, 7) is 4.65. The van der Waals surface area contributed by atoms with Gasteiger partial charge in [0.15, 0.2) is 0 Å². The highest BCUT2D eigenvalue weighted by Gasteiger charge is 2.20. The van der Waals surface area contributed by atoms with E-state index in [1.54, 1.807) is 19.1 Å². The first-order valence-corrected chi connectivity index (χ1v) is 6.73. The van der Waals surface area contributed by atoms with Crippen LogP contribution in [0.25, 0.3) is 0 Å². The number of benzene rings is 1. The molecule has 20 heavy (non-hydrogen) atoms. The van der Waals surface area contributed by atoms with E-state index < -0.39 is 0 Å². The zero-order valence-corrected chi connectivity index (χ0v) is 12.6. The number of hydrogen-bond acceptors (Lipinski definition) is 4. The lowest BCUT2D eigenvalue weighted by molar-refractivity contribution is -0.134. The SMILES string of the molecule is COc1ccc(OCCN(C)C(=O)C(C)C(C)N)cc1. The van der Waals surface area contributed by atoms with Gasteiger partial charge in [0.05, 0.1) is 19.6 Å². The average molecular weight is 280 g/mol. The Morgan fingerprint density at radius 1 is 1.25 bits per heavy atom. The van der Waals surface area contributed by atoms with Gasteiger partial charge in [0.1, 0.15) is 18.1 Å². The van der Waals surface area contributed by atoms with Crippen LogP contribution in [-0.2, 0) is 4.79 Å². The molecule has 0 fully saturated rings. The van der Waals surface area contributed by atoms with Crippen LogP contribution in [0.3, 0.4) is 0 Å². The molecule has 0 spiro atoms. The first kappa shape index (κ1) is 16.3. The van der Waals surface area contributed by atoms with Crippen LogP contribution >= 0.6 is 0 Å². The number of nitrogens with zero attached hydrogens (tertiary/aromatic N) is 1. The van der Waals surface area contributed by atoms with E-state index in [-0.39, 0.29) is 17.9 Å². The van der Waals surface area contributed by atoms with E-state index in [1.807, 2.05) is 38.1 Å². The van der Waals surface area contributed by atoms with Gasteiger partial charge in [-0.05, 0) is 31.2 Å². The van der Waals surface area contributed by atoms with Crippen molar-refractivity contribution < 1.29 is 14.3 Å². The number of likely N-dealkylation sites (N-methyl/N-ethyl adjacent to an activating group) is 1. The van der Waals surface area contributed by atoms with Crippen LogP contribution in [0, 0.1) is 5.92 Å². The molecule has 0 aliphatic heterocycles. The Kier molecular flexibility index (Phi) is 6.31. The lowest BCUT2D eigenvalue weighted by Crippen LogP contribution is -2.41. The number of nitrogens with two attached hydrogens (primary N) is 1. The monoisotopic (exact) mass is 280 g/mol. The summed E-state index contributed by atoms with van der Waals surface area (Å²) in [5, 5.41) is 0. The number of hydrogen-bond donors (Lipinski definition) is 1. The summed E-state index contributed by atoms with van der Waals surface area (Å²) in [5.41, 5.74) is 5.73. The number of rotatable bonds is 7. The lowest BCUT2D eigenvalue weighted by Gasteiger charge is -2.23. The van der Waals surface area contributed by atoms with Crippen molar-refractivity contribution in [3.05, 3.63) is 24.3 Å². The molecular weight excluding hydrogens is 256 g/mol. The van der Waals surface area contributed by atoms with Gasteiger partial charge < -0.3 is 20.1 Å². The van der Waals surface area contributed by atoms with Crippen LogP contribution in [0.15, 0.2) is 24.3 Å². The highest BCUT2D eigenvalue weighted by Crippen LogP contribution is 2.16. The molecule has 0 bridgehead atoms. The fourth-order valence-electron chi connectivity index (χ4n) is 1.66. The van der Waals surface area contributed by atoms with E-state index in [2.05, 4.69) is 0 Å². The summed E-state index contributed by atoms with van der Waals surface area (Å²) >= 11 is 0. The Bertz CT molecular complexity index is 418. The molecule has 2 unspecified atom stereocenters. The Labute approximate surface area is 120 Å². The van der Waals surface area contributed by atoms with E-state index in [1.165, 1.54) is 0 Å². The molecule has 0 radical (unpaired) electrons. The third kappa shape index (κ3) is 4.74. The summed E-state index contributed by atoms with van der Waals surface area (Å²) in [4.78, 5) is 13.6. The van der Waals surface area contributed by atoms with Crippen LogP contribution in [0.5, 0.6) is 11.5 Å². The van der Waals surface area contributed by atoms with Gasteiger partial charge in [0.25, 0.3) is 0 Å². The number of carbonyl (C=O) groups is 1. The van der Waals surface area contributed by atoms with Crippen LogP contribution in [0.4, 0.5) is 0 Å². The smallest absolute Gasteiger partial charge is 0.226 e. The Morgan fingerprint density at radius 2 is 1.80 bits per heavy atom. The summed E-state index contributed by atoms with van der Waals surface area (Å²) in [6.07, 6.45) is 0. The number of methoxy groups -OCH3 is 1. The lowest BCUT2D eigenvalue weighted by atomic mass is 10.0. The minimum atomic E-state index is -0.180. The Balaban J connectivity index is 2.37. The van der Waals surface area contributed by atoms with Crippen LogP contribution < -0.4 is 15.2 Å². The predicted octanol–water partition coefficient (Wildman–Crippen LogP) is 1.52. The molecule has 1 rings (SSSR count). The third-order valence-corrected chi connectivity index (χ3v) is 3.31. The van der Waals surface area contributed by atoms with E-state index in [4.69, 9.17) is 15.2 Å². The minimum absolute atomic E-state index is 0.0401. The molecule has 0 aromatic heterocycles. The van der Waals surface area contributed by atoms with E-state index >= 15 is 0 Å². The number of amides is 1. The molecule has 5 nitrogen and oxygen atoms in total. The van der Waals surface area contributed by atoms with Gasteiger partial charge in [-0.15, -0.1) is 0 Å². The fourth-order valence-corrected chi connectivity index (χ4v) is 1.66. The van der Waals surface area contributed by atoms with Crippen LogP contribution in [0.1, 0.15) is 13.8 Å². The van der Waals surface area contributed by atoms with Crippen molar-refractivity contribution in [2.24, 2.45) is 11.7 Å². The quantitative estimate of drug-likeness (QED) is 0.822. The van der Waals surface area contributed by atoms with Crippen molar-refractivity contribution in [1.82, 2.24) is 4.90 Å². The highest BCUT2D eigenvalue weighted by molar-refractivity contribution is 5.78. The Hall–Kier alpha value is -1.75. The van der Waals surface area contributed by atoms with E-state index in [0.29, 0.717) is 13.2 Å². The van der Waals surface area contributed by atoms with Gasteiger partial charge >= 0.3 is 0 Å². The second kappa shape index (κ2) is 7.75. The predicted molar refractivity (Wildman–Crippen MR) is 78.9 cm³/mol. The average Bonchev–Trinajstić information content (AvgIpc) is 2.46. The molecule has 0 aliphatic rings. The third-order valence-electron chi connectivity index (χ3n) is 3.31. The van der Waals surface area contributed by atoms with E-state index in [9.17, 15) is 4.79 Å². The highest BCUT2D eigenvalue weighted by atomic mass is 16.5. The second-order valence-electron chi connectivity index (χ2n) is 4.93. The Morgan fingerprint density at radius 3 is 2.30 bits per heavy atom. The molecule has 2 atom stereocenters. The fraction of sp³-hybridized carbons (Fsp3) is 0.533. The minimum Gasteiger partial charge on any atom is -0.497 e. The standard InChI is InChI=1S/C15H24N2O3/c1-11(12(2)16)15(18)17(3)9-10-20-14-7-5-13(19-4)6-8-14/h5-8,11-12H,9-10,16H2,1-4H3. The van der Waals surface area contributed by atoms with Crippen molar-refractivity contribution in [2.45, 2.75) is 19.9 Å². The van der Waals surface area contributed by atoms with Gasteiger partial charge in [-0.1, -0.05) is 6.92 Å². The maximum Gasteiger partial charge on any atom is 0.226 e. The first-order chi connectivity index (χ1) is 9.45. The topological polar surface area (TPSA) is 64.8 Å². The zero-order chi connectivity index (χ0) is 15.1. The number of carbonyl (C=O) groups excluding carboxylic acids is 1. The summed E-state index contributed by atoms with van der Waals surface area (Å²) in [6, 6.07) is 7.20. The number of ether oxygens (including phenoxy) is 2. The van der Waals surface area contributed by atoms with Gasteiger partial charge in [-0.3, -0.25) is 4.79 Å². The maximum atomic E-state index is 12.0. The zero-order valence-electron chi connectivity index (χ0n) is 12.6. The molecule has 5 heteroatoms. The summed E-state index contributed by atoms with van der Waals surface area (Å²) < 4.78 is 10.7. The van der Waals surface area contributed by atoms with Gasteiger partial charge in [0, 0.05) is 13.1 Å². The summed E-state index contributed by atoms with van der Waals surface area (Å²) in [5.74, 6) is 1.40. The molecule has 112 valence electrons. The van der Waals surface area contributed by atoms with Gasteiger partial charge in [0.2, 0.25) is 5.91 Å². The summed E-state index contributed by atoms with van der Waals surface area (Å²) in [7, 11) is 3.38. The molecule has 0 saturated heterocycles. The van der Waals surface area contributed by atoms with Crippen LogP contribution in [-0.4, -0.2) is 44.2 Å². The second-order valence-corrected chi connectivity index (χ2v) is 4.93. The first-order valence-electron chi connectivity index (χ1n) is 6.73. The van der Waals surface area contributed by atoms with Crippen molar-refractivity contribution in [1.29, 1.82) is 0 Å². The van der Waals surface area contributed by atoms with E-state index in [0.717, 1.165) is 11.5 Å². The van der Waals surface area contributed by atoms with Gasteiger partial charge in [-0.25, -0.2) is 0 Å². The molecular formula is C15H24N2O3. The maximum absolute atomic E-state index is 12.0. The molecule has 0 heterocycles. The molecule has 2 N–H and O–H groups in total. The van der Waals surface area contributed by atoms with Crippen molar-refractivity contribution in [2.75, 3.05) is 27.3 Å². The van der Waals surface area contributed by atoms with Crippen molar-refractivity contribution in [3.8, 4) is 11.5 Å². The van der Waals surface area contributed by atoms with Crippen molar-refractivity contribution in [3.63, 3.8) is 0 Å². The molecule has 0 aliphatic carbocycles. The van der Waals surface area contributed by atoms with Crippen LogP contribution in [0.2, 0.25) is 0 Å². The molecule has 1 amide bonds. The normalized spacial score (nSPS) is 13.4.